The lowest BCUT2D eigenvalue weighted by atomic mass is 10.1. The van der Waals surface area contributed by atoms with Gasteiger partial charge in [0.2, 0.25) is 5.91 Å². The summed E-state index contributed by atoms with van der Waals surface area (Å²) in [5, 5.41) is 3.31. The van der Waals surface area contributed by atoms with Crippen molar-refractivity contribution in [3.05, 3.63) is 29.3 Å². The van der Waals surface area contributed by atoms with Crippen molar-refractivity contribution in [1.82, 2.24) is 5.32 Å². The van der Waals surface area contributed by atoms with Crippen LogP contribution in [0.25, 0.3) is 0 Å². The molecule has 1 rings (SSSR count). The van der Waals surface area contributed by atoms with Gasteiger partial charge in [0.15, 0.2) is 0 Å². The normalized spacial score (nSPS) is 10.8. The molecule has 106 valence electrons. The fraction of sp³-hybridized carbons (Fsp3) is 0.533. The van der Waals surface area contributed by atoms with Gasteiger partial charge < -0.3 is 16.0 Å². The molecule has 0 unspecified atom stereocenters. The summed E-state index contributed by atoms with van der Waals surface area (Å²) in [4.78, 5) is 13.2. The molecule has 0 fully saturated rings. The molecule has 1 amide bonds. The van der Waals surface area contributed by atoms with Crippen molar-refractivity contribution < 1.29 is 4.79 Å². The molecule has 0 bridgehead atoms. The van der Waals surface area contributed by atoms with Crippen LogP contribution in [0.4, 0.5) is 5.69 Å². The lowest BCUT2D eigenvalue weighted by Crippen LogP contribution is -2.39. The van der Waals surface area contributed by atoms with Crippen molar-refractivity contribution in [2.24, 2.45) is 5.73 Å². The van der Waals surface area contributed by atoms with Gasteiger partial charge in [0.05, 0.1) is 6.54 Å². The molecule has 0 radical (unpaired) electrons. The van der Waals surface area contributed by atoms with E-state index < -0.39 is 0 Å². The van der Waals surface area contributed by atoms with Crippen LogP contribution < -0.4 is 16.0 Å². The van der Waals surface area contributed by atoms with E-state index in [1.165, 1.54) is 11.1 Å². The molecule has 3 N–H and O–H groups in total. The van der Waals surface area contributed by atoms with E-state index in [1.54, 1.807) is 0 Å². The van der Waals surface area contributed by atoms with E-state index in [9.17, 15) is 4.79 Å². The third kappa shape index (κ3) is 4.56. The summed E-state index contributed by atoms with van der Waals surface area (Å²) in [6, 6.07) is 6.58. The predicted octanol–water partition coefficient (Wildman–Crippen LogP) is 1.80. The van der Waals surface area contributed by atoms with E-state index in [4.69, 9.17) is 5.73 Å². The van der Waals surface area contributed by atoms with E-state index >= 15 is 0 Å². The van der Waals surface area contributed by atoms with Gasteiger partial charge in [-0.2, -0.15) is 0 Å². The van der Waals surface area contributed by atoms with Crippen LogP contribution in [-0.4, -0.2) is 25.0 Å². The molecule has 0 saturated carbocycles. The van der Waals surface area contributed by atoms with E-state index in [1.807, 2.05) is 4.90 Å². The van der Waals surface area contributed by atoms with Crippen LogP contribution in [0.2, 0.25) is 0 Å². The number of carbonyl (C=O) groups is 1. The van der Waals surface area contributed by atoms with Gasteiger partial charge in [-0.05, 0) is 44.5 Å². The summed E-state index contributed by atoms with van der Waals surface area (Å²) in [6.07, 6.45) is 0. The Hall–Kier alpha value is -1.55. The zero-order valence-electron chi connectivity index (χ0n) is 12.4. The smallest absolute Gasteiger partial charge is 0.236 e. The molecule has 0 atom stereocenters. The number of benzene rings is 1. The Morgan fingerprint density at radius 3 is 2.58 bits per heavy atom. The van der Waals surface area contributed by atoms with E-state index in [2.05, 4.69) is 51.2 Å². The van der Waals surface area contributed by atoms with Crippen LogP contribution in [0, 0.1) is 6.92 Å². The summed E-state index contributed by atoms with van der Waals surface area (Å²) >= 11 is 0. The molecule has 0 aliphatic rings. The molecule has 0 aliphatic heterocycles. The number of nitrogens with one attached hydrogen (secondary N) is 1. The van der Waals surface area contributed by atoms with Gasteiger partial charge in [0.25, 0.3) is 0 Å². The zero-order valence-corrected chi connectivity index (χ0v) is 12.4. The number of rotatable bonds is 7. The molecular formula is C15H25N3O. The van der Waals surface area contributed by atoms with Crippen molar-refractivity contribution in [3.8, 4) is 0 Å². The Morgan fingerprint density at radius 1 is 1.42 bits per heavy atom. The number of aryl methyl sites for hydroxylation is 1. The maximum Gasteiger partial charge on any atom is 0.236 e. The fourth-order valence-electron chi connectivity index (χ4n) is 2.13. The molecule has 0 spiro atoms. The topological polar surface area (TPSA) is 58.4 Å². The third-order valence-corrected chi connectivity index (χ3v) is 3.10. The number of nitrogens with zero attached hydrogens (tertiary/aromatic N) is 1. The number of hydrogen-bond acceptors (Lipinski definition) is 3. The summed E-state index contributed by atoms with van der Waals surface area (Å²) in [5.41, 5.74) is 8.83. The van der Waals surface area contributed by atoms with Crippen LogP contribution in [0.5, 0.6) is 0 Å². The second-order valence-electron chi connectivity index (χ2n) is 5.09. The third-order valence-electron chi connectivity index (χ3n) is 3.10. The van der Waals surface area contributed by atoms with Gasteiger partial charge in [0, 0.05) is 18.3 Å². The highest BCUT2D eigenvalue weighted by Crippen LogP contribution is 2.23. The fourth-order valence-corrected chi connectivity index (χ4v) is 2.13. The molecular weight excluding hydrogens is 238 g/mol. The van der Waals surface area contributed by atoms with Crippen LogP contribution >= 0.6 is 0 Å². The average molecular weight is 263 g/mol. The minimum absolute atomic E-state index is 0.241. The molecule has 19 heavy (non-hydrogen) atoms. The minimum Gasteiger partial charge on any atom is -0.368 e. The SMILES string of the molecule is CCNCc1ccc(N(CC(N)=O)C(C)C)c(C)c1. The van der Waals surface area contributed by atoms with E-state index in [0.717, 1.165) is 18.8 Å². The lowest BCUT2D eigenvalue weighted by Gasteiger charge is -2.29. The molecule has 0 aliphatic carbocycles. The van der Waals surface area contributed by atoms with E-state index in [-0.39, 0.29) is 18.5 Å². The number of anilines is 1. The minimum atomic E-state index is -0.301. The second kappa shape index (κ2) is 7.14. The first-order valence-electron chi connectivity index (χ1n) is 6.80. The van der Waals surface area contributed by atoms with Crippen LogP contribution in [0.15, 0.2) is 18.2 Å². The highest BCUT2D eigenvalue weighted by atomic mass is 16.1. The van der Waals surface area contributed by atoms with Crippen molar-refractivity contribution >= 4 is 11.6 Å². The highest BCUT2D eigenvalue weighted by Gasteiger charge is 2.15. The summed E-state index contributed by atoms with van der Waals surface area (Å²) in [5.74, 6) is -0.301. The second-order valence-corrected chi connectivity index (χ2v) is 5.09. The largest absolute Gasteiger partial charge is 0.368 e. The molecule has 0 heterocycles. The summed E-state index contributed by atoms with van der Waals surface area (Å²) in [6.45, 7) is 10.4. The van der Waals surface area contributed by atoms with Gasteiger partial charge in [-0.1, -0.05) is 19.1 Å². The van der Waals surface area contributed by atoms with Crippen molar-refractivity contribution in [2.75, 3.05) is 18.0 Å². The van der Waals surface area contributed by atoms with Crippen molar-refractivity contribution in [2.45, 2.75) is 40.3 Å². The summed E-state index contributed by atoms with van der Waals surface area (Å²) < 4.78 is 0. The van der Waals surface area contributed by atoms with Crippen LogP contribution in [0.1, 0.15) is 31.9 Å². The van der Waals surface area contributed by atoms with Crippen LogP contribution in [-0.2, 0) is 11.3 Å². The number of nitrogens with two attached hydrogens (primary N) is 1. The van der Waals surface area contributed by atoms with Gasteiger partial charge in [0.1, 0.15) is 0 Å². The maximum atomic E-state index is 11.2. The Bertz CT molecular complexity index is 429. The lowest BCUT2D eigenvalue weighted by molar-refractivity contribution is -0.116. The monoisotopic (exact) mass is 263 g/mol. The molecule has 4 nitrogen and oxygen atoms in total. The molecule has 1 aromatic rings. The Balaban J connectivity index is 2.94. The van der Waals surface area contributed by atoms with Crippen molar-refractivity contribution in [1.29, 1.82) is 0 Å². The number of amides is 1. The standard InChI is InChI=1S/C15H25N3O/c1-5-17-9-13-6-7-14(12(4)8-13)18(11(2)3)10-15(16)19/h6-8,11,17H,5,9-10H2,1-4H3,(H2,16,19). The Labute approximate surface area is 116 Å². The van der Waals surface area contributed by atoms with Gasteiger partial charge >= 0.3 is 0 Å². The van der Waals surface area contributed by atoms with E-state index in [0.29, 0.717) is 0 Å². The number of primary amides is 1. The zero-order chi connectivity index (χ0) is 14.4. The first-order chi connectivity index (χ1) is 8.95. The maximum absolute atomic E-state index is 11.2. The molecule has 1 aromatic carbocycles. The average Bonchev–Trinajstić information content (AvgIpc) is 2.33. The Kier molecular flexibility index (Phi) is 5.83. The molecule has 4 heteroatoms. The van der Waals surface area contributed by atoms with Gasteiger partial charge in [-0.3, -0.25) is 4.79 Å². The van der Waals surface area contributed by atoms with Gasteiger partial charge in [-0.15, -0.1) is 0 Å². The quantitative estimate of drug-likeness (QED) is 0.788. The highest BCUT2D eigenvalue weighted by molar-refractivity contribution is 5.80. The number of hydrogen-bond donors (Lipinski definition) is 2. The molecule has 0 saturated heterocycles. The summed E-state index contributed by atoms with van der Waals surface area (Å²) in [7, 11) is 0. The molecule has 0 aromatic heterocycles. The van der Waals surface area contributed by atoms with Crippen molar-refractivity contribution in [3.63, 3.8) is 0 Å². The first kappa shape index (κ1) is 15.5. The van der Waals surface area contributed by atoms with Crippen LogP contribution in [0.3, 0.4) is 0 Å². The number of carbonyl (C=O) groups excluding carboxylic acids is 1. The first-order valence-corrected chi connectivity index (χ1v) is 6.80. The Morgan fingerprint density at radius 2 is 2.11 bits per heavy atom. The van der Waals surface area contributed by atoms with Gasteiger partial charge in [-0.25, -0.2) is 0 Å². The predicted molar refractivity (Wildman–Crippen MR) is 80.2 cm³/mol.